The number of carbonyl (C=O) groups is 1. The summed E-state index contributed by atoms with van der Waals surface area (Å²) in [5.74, 6) is 0.242. The SMILES string of the molecule is CCCCCC(=O)c1cncs1. The van der Waals surface area contributed by atoms with Gasteiger partial charge in [0.2, 0.25) is 0 Å². The highest BCUT2D eigenvalue weighted by Gasteiger charge is 2.05. The van der Waals surface area contributed by atoms with Crippen molar-refractivity contribution in [2.24, 2.45) is 0 Å². The van der Waals surface area contributed by atoms with Crippen molar-refractivity contribution in [3.05, 3.63) is 16.6 Å². The monoisotopic (exact) mass is 183 g/mol. The van der Waals surface area contributed by atoms with Crippen LogP contribution in [-0.4, -0.2) is 10.8 Å². The molecule has 0 N–H and O–H groups in total. The predicted molar refractivity (Wildman–Crippen MR) is 50.6 cm³/mol. The highest BCUT2D eigenvalue weighted by atomic mass is 32.1. The molecule has 0 aliphatic carbocycles. The summed E-state index contributed by atoms with van der Waals surface area (Å²) >= 11 is 1.43. The van der Waals surface area contributed by atoms with E-state index < -0.39 is 0 Å². The molecule has 0 radical (unpaired) electrons. The molecule has 0 saturated heterocycles. The van der Waals surface area contributed by atoms with Crippen molar-refractivity contribution in [1.82, 2.24) is 4.98 Å². The predicted octanol–water partition coefficient (Wildman–Crippen LogP) is 2.91. The first kappa shape index (κ1) is 9.39. The van der Waals surface area contributed by atoms with E-state index in [0.29, 0.717) is 6.42 Å². The lowest BCUT2D eigenvalue weighted by molar-refractivity contribution is 0.0983. The number of rotatable bonds is 5. The van der Waals surface area contributed by atoms with Gasteiger partial charge in [0.1, 0.15) is 0 Å². The molecule has 1 heterocycles. The van der Waals surface area contributed by atoms with Crippen LogP contribution in [0.3, 0.4) is 0 Å². The van der Waals surface area contributed by atoms with Crippen molar-refractivity contribution in [1.29, 1.82) is 0 Å². The average molecular weight is 183 g/mol. The number of ketones is 1. The van der Waals surface area contributed by atoms with Crippen molar-refractivity contribution in [3.8, 4) is 0 Å². The van der Waals surface area contributed by atoms with Gasteiger partial charge in [0.25, 0.3) is 0 Å². The van der Waals surface area contributed by atoms with E-state index in [1.807, 2.05) is 0 Å². The molecule has 0 aliphatic heterocycles. The van der Waals surface area contributed by atoms with Crippen molar-refractivity contribution in [2.45, 2.75) is 32.6 Å². The van der Waals surface area contributed by atoms with E-state index >= 15 is 0 Å². The molecule has 0 aromatic carbocycles. The molecule has 0 aliphatic rings. The van der Waals surface area contributed by atoms with E-state index in [4.69, 9.17) is 0 Å². The van der Waals surface area contributed by atoms with Gasteiger partial charge in [-0.3, -0.25) is 9.78 Å². The molecule has 3 heteroatoms. The van der Waals surface area contributed by atoms with Gasteiger partial charge >= 0.3 is 0 Å². The molecule has 0 saturated carbocycles. The van der Waals surface area contributed by atoms with Gasteiger partial charge in [-0.25, -0.2) is 0 Å². The number of Topliss-reactive ketones (excluding diaryl/α,β-unsaturated/α-hetero) is 1. The number of carbonyl (C=O) groups excluding carboxylic acids is 1. The molecule has 0 amide bonds. The molecule has 66 valence electrons. The summed E-state index contributed by atoms with van der Waals surface area (Å²) in [7, 11) is 0. The fourth-order valence-corrected chi connectivity index (χ4v) is 1.60. The second kappa shape index (κ2) is 5.04. The molecule has 0 spiro atoms. The molecule has 0 unspecified atom stereocenters. The summed E-state index contributed by atoms with van der Waals surface area (Å²) in [5.41, 5.74) is 1.70. The molecule has 1 aromatic heterocycles. The third kappa shape index (κ3) is 2.74. The molecule has 12 heavy (non-hydrogen) atoms. The normalized spacial score (nSPS) is 10.1. The van der Waals surface area contributed by atoms with Crippen LogP contribution in [0.4, 0.5) is 0 Å². The van der Waals surface area contributed by atoms with E-state index in [0.717, 1.165) is 24.1 Å². The van der Waals surface area contributed by atoms with Gasteiger partial charge < -0.3 is 0 Å². The Morgan fingerprint density at radius 2 is 2.42 bits per heavy atom. The van der Waals surface area contributed by atoms with Crippen LogP contribution in [0.2, 0.25) is 0 Å². The Balaban J connectivity index is 2.30. The number of aromatic nitrogens is 1. The number of hydrogen-bond donors (Lipinski definition) is 0. The van der Waals surface area contributed by atoms with E-state index in [9.17, 15) is 4.79 Å². The van der Waals surface area contributed by atoms with Crippen LogP contribution in [0.15, 0.2) is 11.7 Å². The molecule has 2 nitrogen and oxygen atoms in total. The molecule has 0 fully saturated rings. The second-order valence-corrected chi connectivity index (χ2v) is 3.63. The maximum Gasteiger partial charge on any atom is 0.174 e. The fourth-order valence-electron chi connectivity index (χ4n) is 1.01. The third-order valence-electron chi connectivity index (χ3n) is 1.71. The largest absolute Gasteiger partial charge is 0.293 e. The van der Waals surface area contributed by atoms with E-state index in [-0.39, 0.29) is 5.78 Å². The van der Waals surface area contributed by atoms with Crippen molar-refractivity contribution in [3.63, 3.8) is 0 Å². The van der Waals surface area contributed by atoms with Crippen LogP contribution in [0, 0.1) is 0 Å². The molecular formula is C9H13NOS. The van der Waals surface area contributed by atoms with Gasteiger partial charge in [0.05, 0.1) is 10.4 Å². The fraction of sp³-hybridized carbons (Fsp3) is 0.556. The maximum absolute atomic E-state index is 11.4. The summed E-state index contributed by atoms with van der Waals surface area (Å²) in [5, 5.41) is 0. The van der Waals surface area contributed by atoms with Crippen molar-refractivity contribution in [2.75, 3.05) is 0 Å². The first-order valence-corrected chi connectivity index (χ1v) is 5.14. The van der Waals surface area contributed by atoms with Crippen LogP contribution in [0.1, 0.15) is 42.3 Å². The minimum absolute atomic E-state index is 0.242. The number of nitrogens with zero attached hydrogens (tertiary/aromatic N) is 1. The molecule has 0 bridgehead atoms. The van der Waals surface area contributed by atoms with Gasteiger partial charge in [0.15, 0.2) is 5.78 Å². The average Bonchev–Trinajstić information content (AvgIpc) is 2.56. The van der Waals surface area contributed by atoms with E-state index in [2.05, 4.69) is 11.9 Å². The summed E-state index contributed by atoms with van der Waals surface area (Å²) in [6, 6.07) is 0. The van der Waals surface area contributed by atoms with Gasteiger partial charge in [0, 0.05) is 12.6 Å². The van der Waals surface area contributed by atoms with Gasteiger partial charge in [-0.1, -0.05) is 19.8 Å². The Morgan fingerprint density at radius 3 is 3.00 bits per heavy atom. The molecule has 0 atom stereocenters. The third-order valence-corrected chi connectivity index (χ3v) is 2.53. The zero-order valence-electron chi connectivity index (χ0n) is 7.25. The quantitative estimate of drug-likeness (QED) is 0.519. The molecular weight excluding hydrogens is 170 g/mol. The summed E-state index contributed by atoms with van der Waals surface area (Å²) in [4.78, 5) is 16.0. The highest BCUT2D eigenvalue weighted by molar-refractivity contribution is 7.11. The highest BCUT2D eigenvalue weighted by Crippen LogP contribution is 2.11. The lowest BCUT2D eigenvalue weighted by atomic mass is 10.1. The zero-order chi connectivity index (χ0) is 8.81. The number of unbranched alkanes of at least 4 members (excludes halogenated alkanes) is 2. The Labute approximate surface area is 76.6 Å². The smallest absolute Gasteiger partial charge is 0.174 e. The minimum Gasteiger partial charge on any atom is -0.293 e. The first-order chi connectivity index (χ1) is 5.84. The van der Waals surface area contributed by atoms with Gasteiger partial charge in [-0.15, -0.1) is 11.3 Å². The van der Waals surface area contributed by atoms with Crippen LogP contribution >= 0.6 is 11.3 Å². The lowest BCUT2D eigenvalue weighted by Crippen LogP contribution is -1.95. The number of hydrogen-bond acceptors (Lipinski definition) is 3. The topological polar surface area (TPSA) is 30.0 Å². The molecule has 1 rings (SSSR count). The first-order valence-electron chi connectivity index (χ1n) is 4.26. The standard InChI is InChI=1S/C9H13NOS/c1-2-3-4-5-8(11)9-6-10-7-12-9/h6-7H,2-5H2,1H3. The summed E-state index contributed by atoms with van der Waals surface area (Å²) in [6.07, 6.45) is 5.64. The van der Waals surface area contributed by atoms with E-state index in [1.165, 1.54) is 11.3 Å². The Kier molecular flexibility index (Phi) is 3.94. The Hall–Kier alpha value is -0.700. The maximum atomic E-state index is 11.4. The van der Waals surface area contributed by atoms with Gasteiger partial charge in [-0.05, 0) is 6.42 Å². The van der Waals surface area contributed by atoms with Crippen LogP contribution in [0.5, 0.6) is 0 Å². The summed E-state index contributed by atoms with van der Waals surface area (Å²) < 4.78 is 0. The second-order valence-electron chi connectivity index (χ2n) is 2.75. The molecule has 1 aromatic rings. The Bertz CT molecular complexity index is 231. The van der Waals surface area contributed by atoms with Gasteiger partial charge in [-0.2, -0.15) is 0 Å². The zero-order valence-corrected chi connectivity index (χ0v) is 8.06. The number of thiazole rings is 1. The van der Waals surface area contributed by atoms with Crippen LogP contribution in [0.25, 0.3) is 0 Å². The lowest BCUT2D eigenvalue weighted by Gasteiger charge is -1.95. The van der Waals surface area contributed by atoms with E-state index in [1.54, 1.807) is 11.7 Å². The minimum atomic E-state index is 0.242. The van der Waals surface area contributed by atoms with Crippen molar-refractivity contribution >= 4 is 17.1 Å². The Morgan fingerprint density at radius 1 is 1.58 bits per heavy atom. The van der Waals surface area contributed by atoms with Crippen LogP contribution in [-0.2, 0) is 0 Å². The van der Waals surface area contributed by atoms with Crippen molar-refractivity contribution < 1.29 is 4.79 Å². The summed E-state index contributed by atoms with van der Waals surface area (Å²) in [6.45, 7) is 2.14. The van der Waals surface area contributed by atoms with Crippen LogP contribution < -0.4 is 0 Å².